The molecule has 1 N–H and O–H groups in total. The van der Waals surface area contributed by atoms with E-state index >= 15 is 0 Å². The monoisotopic (exact) mass is 439 g/mol. The second-order valence-corrected chi connectivity index (χ2v) is 6.19. The molecule has 0 aliphatic carbocycles. The molecule has 0 saturated heterocycles. The summed E-state index contributed by atoms with van der Waals surface area (Å²) in [4.78, 5) is 43.7. The molecule has 12 heteroatoms. The Balaban J connectivity index is 1.91. The van der Waals surface area contributed by atoms with Gasteiger partial charge < -0.3 is 10.1 Å². The van der Waals surface area contributed by atoms with Crippen LogP contribution < -0.4 is 5.32 Å². The molecule has 0 heterocycles. The molecule has 0 bridgehead atoms. The summed E-state index contributed by atoms with van der Waals surface area (Å²) < 4.78 is 4.75. The van der Waals surface area contributed by atoms with E-state index in [1.165, 1.54) is 30.3 Å². The molecule has 2 rings (SSSR count). The highest BCUT2D eigenvalue weighted by Crippen LogP contribution is 2.27. The smallest absolute Gasteiger partial charge is 0.331 e. The summed E-state index contributed by atoms with van der Waals surface area (Å²) in [5.74, 6) is -1.59. The fraction of sp³-hybridized carbons (Fsp3) is 0.0588. The number of nitrogens with zero attached hydrogens (tertiary/aromatic N) is 2. The number of non-ortho nitro benzene ring substituents is 1. The number of carbonyl (C=O) groups excluding carboxylic acids is 2. The average Bonchev–Trinajstić information content (AvgIpc) is 2.66. The van der Waals surface area contributed by atoms with E-state index in [0.717, 1.165) is 18.2 Å². The average molecular weight is 440 g/mol. The maximum atomic E-state index is 11.8. The number of benzene rings is 2. The third-order valence-electron chi connectivity index (χ3n) is 3.36. The zero-order chi connectivity index (χ0) is 21.6. The third kappa shape index (κ3) is 6.26. The van der Waals surface area contributed by atoms with Gasteiger partial charge in [-0.1, -0.05) is 29.3 Å². The predicted octanol–water partition coefficient (Wildman–Crippen LogP) is 4.00. The Morgan fingerprint density at radius 1 is 1.03 bits per heavy atom. The summed E-state index contributed by atoms with van der Waals surface area (Å²) in [6, 6.07) is 7.41. The van der Waals surface area contributed by atoms with Crippen molar-refractivity contribution in [1.29, 1.82) is 0 Å². The van der Waals surface area contributed by atoms with Crippen LogP contribution in [0.2, 0.25) is 10.0 Å². The summed E-state index contributed by atoms with van der Waals surface area (Å²) in [5, 5.41) is 23.7. The minimum Gasteiger partial charge on any atom is -0.452 e. The van der Waals surface area contributed by atoms with Crippen molar-refractivity contribution in [1.82, 2.24) is 0 Å². The summed E-state index contributed by atoms with van der Waals surface area (Å²) >= 11 is 11.5. The topological polar surface area (TPSA) is 142 Å². The lowest BCUT2D eigenvalue weighted by molar-refractivity contribution is -0.385. The van der Waals surface area contributed by atoms with Crippen molar-refractivity contribution in [2.75, 3.05) is 11.9 Å². The van der Waals surface area contributed by atoms with Crippen LogP contribution in [-0.2, 0) is 14.3 Å². The fourth-order valence-electron chi connectivity index (χ4n) is 2.03. The van der Waals surface area contributed by atoms with Gasteiger partial charge in [-0.2, -0.15) is 0 Å². The second kappa shape index (κ2) is 9.62. The Morgan fingerprint density at radius 3 is 2.38 bits per heavy atom. The van der Waals surface area contributed by atoms with Crippen LogP contribution >= 0.6 is 23.2 Å². The van der Waals surface area contributed by atoms with E-state index in [0.29, 0.717) is 5.56 Å². The highest BCUT2D eigenvalue weighted by molar-refractivity contribution is 6.34. The molecule has 29 heavy (non-hydrogen) atoms. The number of rotatable bonds is 7. The van der Waals surface area contributed by atoms with Crippen LogP contribution in [0, 0.1) is 20.2 Å². The van der Waals surface area contributed by atoms with Gasteiger partial charge in [-0.25, -0.2) is 4.79 Å². The minimum atomic E-state index is -0.868. The van der Waals surface area contributed by atoms with Gasteiger partial charge in [0.15, 0.2) is 6.61 Å². The highest BCUT2D eigenvalue weighted by atomic mass is 35.5. The molecule has 0 atom stereocenters. The zero-order valence-electron chi connectivity index (χ0n) is 14.3. The van der Waals surface area contributed by atoms with Gasteiger partial charge in [-0.3, -0.25) is 25.0 Å². The predicted molar refractivity (Wildman–Crippen MR) is 105 cm³/mol. The SMILES string of the molecule is O=C(COC(=O)/C=C/c1ccc(Cl)c([N+](=O)[O-])c1)Nc1ccc([N+](=O)[O-])cc1Cl. The molecule has 2 aromatic rings. The molecule has 0 fully saturated rings. The number of hydrogen-bond donors (Lipinski definition) is 1. The van der Waals surface area contributed by atoms with Crippen LogP contribution in [-0.4, -0.2) is 28.3 Å². The number of ether oxygens (including phenoxy) is 1. The standard InChI is InChI=1S/C17H11Cl2N3O7/c18-12-4-1-10(7-15(12)22(27)28)2-6-17(24)29-9-16(23)20-14-5-3-11(21(25)26)8-13(14)19/h1-8H,9H2,(H,20,23)/b6-2+. The molecule has 150 valence electrons. The molecule has 0 radical (unpaired) electrons. The summed E-state index contributed by atoms with van der Waals surface area (Å²) in [7, 11) is 0. The van der Waals surface area contributed by atoms with Gasteiger partial charge in [-0.15, -0.1) is 0 Å². The Morgan fingerprint density at radius 2 is 1.76 bits per heavy atom. The van der Waals surface area contributed by atoms with Crippen molar-refractivity contribution in [3.8, 4) is 0 Å². The molecule has 10 nitrogen and oxygen atoms in total. The van der Waals surface area contributed by atoms with Crippen molar-refractivity contribution < 1.29 is 24.2 Å². The number of nitro benzene ring substituents is 2. The van der Waals surface area contributed by atoms with E-state index in [2.05, 4.69) is 5.32 Å². The first-order valence-corrected chi connectivity index (χ1v) is 8.45. The molecule has 0 unspecified atom stereocenters. The Hall–Kier alpha value is -3.50. The van der Waals surface area contributed by atoms with Gasteiger partial charge in [0, 0.05) is 24.3 Å². The zero-order valence-corrected chi connectivity index (χ0v) is 15.8. The van der Waals surface area contributed by atoms with Crippen LogP contribution in [0.1, 0.15) is 5.56 Å². The molecule has 2 aromatic carbocycles. The summed E-state index contributed by atoms with van der Waals surface area (Å²) in [6.45, 7) is -0.642. The first kappa shape index (κ1) is 21.8. The third-order valence-corrected chi connectivity index (χ3v) is 3.99. The van der Waals surface area contributed by atoms with Crippen LogP contribution in [0.4, 0.5) is 17.1 Å². The normalized spacial score (nSPS) is 10.6. The van der Waals surface area contributed by atoms with E-state index in [-0.39, 0.29) is 27.1 Å². The number of nitrogens with one attached hydrogen (secondary N) is 1. The van der Waals surface area contributed by atoms with Crippen LogP contribution in [0.25, 0.3) is 6.08 Å². The fourth-order valence-corrected chi connectivity index (χ4v) is 2.44. The number of esters is 1. The molecule has 0 aliphatic heterocycles. The molecule has 0 aliphatic rings. The highest BCUT2D eigenvalue weighted by Gasteiger charge is 2.13. The molecule has 0 spiro atoms. The van der Waals surface area contributed by atoms with Gasteiger partial charge in [0.2, 0.25) is 0 Å². The van der Waals surface area contributed by atoms with Crippen LogP contribution in [0.15, 0.2) is 42.5 Å². The van der Waals surface area contributed by atoms with Crippen LogP contribution in [0.3, 0.4) is 0 Å². The molecule has 0 saturated carbocycles. The molecular formula is C17H11Cl2N3O7. The lowest BCUT2D eigenvalue weighted by Gasteiger charge is -2.07. The number of nitro groups is 2. The number of anilines is 1. The lowest BCUT2D eigenvalue weighted by Crippen LogP contribution is -2.20. The minimum absolute atomic E-state index is 0.0451. The number of hydrogen-bond acceptors (Lipinski definition) is 7. The first-order chi connectivity index (χ1) is 13.7. The Kier molecular flexibility index (Phi) is 7.23. The summed E-state index contributed by atoms with van der Waals surface area (Å²) in [6.07, 6.45) is 2.25. The molecule has 0 aromatic heterocycles. The number of halogens is 2. The number of carbonyl (C=O) groups is 2. The number of amides is 1. The Labute approximate surface area is 173 Å². The van der Waals surface area contributed by atoms with Crippen molar-refractivity contribution in [2.24, 2.45) is 0 Å². The second-order valence-electron chi connectivity index (χ2n) is 5.38. The van der Waals surface area contributed by atoms with E-state index < -0.39 is 28.3 Å². The maximum Gasteiger partial charge on any atom is 0.331 e. The summed E-state index contributed by atoms with van der Waals surface area (Å²) in [5.41, 5.74) is -0.115. The quantitative estimate of drug-likeness (QED) is 0.297. The van der Waals surface area contributed by atoms with Gasteiger partial charge in [0.05, 0.1) is 20.6 Å². The van der Waals surface area contributed by atoms with Gasteiger partial charge in [-0.05, 0) is 23.8 Å². The van der Waals surface area contributed by atoms with Gasteiger partial charge in [0.1, 0.15) is 5.02 Å². The van der Waals surface area contributed by atoms with Gasteiger partial charge >= 0.3 is 5.97 Å². The molecular weight excluding hydrogens is 429 g/mol. The maximum absolute atomic E-state index is 11.8. The van der Waals surface area contributed by atoms with Crippen molar-refractivity contribution in [3.63, 3.8) is 0 Å². The van der Waals surface area contributed by atoms with E-state index in [4.69, 9.17) is 27.9 Å². The van der Waals surface area contributed by atoms with Crippen molar-refractivity contribution >= 4 is 58.2 Å². The van der Waals surface area contributed by atoms with E-state index in [9.17, 15) is 29.8 Å². The Bertz CT molecular complexity index is 1020. The van der Waals surface area contributed by atoms with Gasteiger partial charge in [0.25, 0.3) is 17.3 Å². The van der Waals surface area contributed by atoms with E-state index in [1.54, 1.807) is 0 Å². The lowest BCUT2D eigenvalue weighted by atomic mass is 10.2. The van der Waals surface area contributed by atoms with Crippen LogP contribution in [0.5, 0.6) is 0 Å². The molecule has 1 amide bonds. The first-order valence-electron chi connectivity index (χ1n) is 7.70. The van der Waals surface area contributed by atoms with E-state index in [1.807, 2.05) is 0 Å². The van der Waals surface area contributed by atoms with Crippen molar-refractivity contribution in [2.45, 2.75) is 0 Å². The van der Waals surface area contributed by atoms with Crippen molar-refractivity contribution in [3.05, 3.63) is 78.3 Å². The largest absolute Gasteiger partial charge is 0.452 e.